The van der Waals surface area contributed by atoms with E-state index in [0.29, 0.717) is 5.92 Å². The Hall–Kier alpha value is -0.410. The number of nitrogens with one attached hydrogen (secondary N) is 1. The zero-order valence-electron chi connectivity index (χ0n) is 11.3. The van der Waals surface area contributed by atoms with Gasteiger partial charge in [0.2, 0.25) is 0 Å². The Morgan fingerprint density at radius 2 is 1.94 bits per heavy atom. The largest absolute Gasteiger partial charge is 0.307 e. The Balaban J connectivity index is 2.78. The summed E-state index contributed by atoms with van der Waals surface area (Å²) in [4.78, 5) is 6.11. The number of rotatable bonds is 4. The zero-order chi connectivity index (χ0) is 12.3. The average molecular weight is 240 g/mol. The minimum absolute atomic E-state index is 0.174. The van der Waals surface area contributed by atoms with Gasteiger partial charge in [-0.15, -0.1) is 11.3 Å². The molecule has 1 rings (SSSR count). The fourth-order valence-electron chi connectivity index (χ4n) is 1.41. The monoisotopic (exact) mass is 240 g/mol. The topological polar surface area (TPSA) is 24.9 Å². The molecule has 0 saturated carbocycles. The average Bonchev–Trinajstić information content (AvgIpc) is 2.56. The summed E-state index contributed by atoms with van der Waals surface area (Å²) in [6, 6.07) is 0. The standard InChI is InChI=1S/C13H24N2S/c1-7-10-11(8-14-13(4,5)6)16-12(15-10)9(2)3/h9,14H,7-8H2,1-6H3. The number of aromatic nitrogens is 1. The van der Waals surface area contributed by atoms with Crippen LogP contribution in [0.4, 0.5) is 0 Å². The highest BCUT2D eigenvalue weighted by Crippen LogP contribution is 2.25. The highest BCUT2D eigenvalue weighted by molar-refractivity contribution is 7.11. The lowest BCUT2D eigenvalue weighted by Crippen LogP contribution is -2.35. The highest BCUT2D eigenvalue weighted by Gasteiger charge is 2.14. The van der Waals surface area contributed by atoms with Gasteiger partial charge in [-0.3, -0.25) is 0 Å². The van der Waals surface area contributed by atoms with Crippen LogP contribution >= 0.6 is 11.3 Å². The number of thiazole rings is 1. The first-order valence-corrected chi connectivity index (χ1v) is 6.88. The van der Waals surface area contributed by atoms with Gasteiger partial charge in [-0.1, -0.05) is 20.8 Å². The lowest BCUT2D eigenvalue weighted by atomic mass is 10.1. The van der Waals surface area contributed by atoms with E-state index in [4.69, 9.17) is 4.98 Å². The molecule has 0 aliphatic heterocycles. The Morgan fingerprint density at radius 3 is 2.38 bits per heavy atom. The van der Waals surface area contributed by atoms with Crippen LogP contribution in [-0.2, 0) is 13.0 Å². The second-order valence-corrected chi connectivity index (χ2v) is 6.65. The lowest BCUT2D eigenvalue weighted by molar-refractivity contribution is 0.425. The summed E-state index contributed by atoms with van der Waals surface area (Å²) in [6.07, 6.45) is 1.03. The van der Waals surface area contributed by atoms with Crippen LogP contribution in [0, 0.1) is 0 Å². The fraction of sp³-hybridized carbons (Fsp3) is 0.769. The van der Waals surface area contributed by atoms with Crippen molar-refractivity contribution in [1.29, 1.82) is 0 Å². The normalized spacial score (nSPS) is 12.4. The van der Waals surface area contributed by atoms with Crippen molar-refractivity contribution in [1.82, 2.24) is 10.3 Å². The van der Waals surface area contributed by atoms with Gasteiger partial charge in [-0.05, 0) is 27.2 Å². The van der Waals surface area contributed by atoms with Crippen molar-refractivity contribution in [3.05, 3.63) is 15.6 Å². The predicted molar refractivity (Wildman–Crippen MR) is 72.2 cm³/mol. The van der Waals surface area contributed by atoms with E-state index in [1.807, 2.05) is 11.3 Å². The number of nitrogens with zero attached hydrogens (tertiary/aromatic N) is 1. The van der Waals surface area contributed by atoms with Crippen LogP contribution in [-0.4, -0.2) is 10.5 Å². The van der Waals surface area contributed by atoms with Gasteiger partial charge in [0, 0.05) is 22.9 Å². The van der Waals surface area contributed by atoms with Gasteiger partial charge in [-0.25, -0.2) is 4.98 Å². The van der Waals surface area contributed by atoms with Crippen LogP contribution < -0.4 is 5.32 Å². The van der Waals surface area contributed by atoms with Crippen LogP contribution in [0.15, 0.2) is 0 Å². The molecule has 0 fully saturated rings. The smallest absolute Gasteiger partial charge is 0.0957 e. The molecule has 0 aliphatic rings. The Labute approximate surface area is 103 Å². The summed E-state index contributed by atoms with van der Waals surface area (Å²) >= 11 is 1.86. The van der Waals surface area contributed by atoms with Crippen molar-refractivity contribution in [2.24, 2.45) is 0 Å². The van der Waals surface area contributed by atoms with Crippen LogP contribution in [0.1, 0.15) is 63.0 Å². The maximum absolute atomic E-state index is 4.71. The van der Waals surface area contributed by atoms with E-state index in [2.05, 4.69) is 46.9 Å². The molecule has 0 unspecified atom stereocenters. The molecular weight excluding hydrogens is 216 g/mol. The molecule has 0 amide bonds. The molecule has 1 aromatic rings. The number of hydrogen-bond donors (Lipinski definition) is 1. The van der Waals surface area contributed by atoms with Gasteiger partial charge in [0.15, 0.2) is 0 Å². The third-order valence-electron chi connectivity index (χ3n) is 2.40. The van der Waals surface area contributed by atoms with Crippen molar-refractivity contribution in [3.63, 3.8) is 0 Å². The van der Waals surface area contributed by atoms with E-state index < -0.39 is 0 Å². The molecule has 0 bridgehead atoms. The first-order valence-electron chi connectivity index (χ1n) is 6.07. The molecule has 1 aromatic heterocycles. The van der Waals surface area contributed by atoms with Crippen LogP contribution in [0.3, 0.4) is 0 Å². The van der Waals surface area contributed by atoms with Gasteiger partial charge in [-0.2, -0.15) is 0 Å². The lowest BCUT2D eigenvalue weighted by Gasteiger charge is -2.20. The van der Waals surface area contributed by atoms with E-state index in [-0.39, 0.29) is 5.54 Å². The van der Waals surface area contributed by atoms with Crippen molar-refractivity contribution in [2.75, 3.05) is 0 Å². The highest BCUT2D eigenvalue weighted by atomic mass is 32.1. The van der Waals surface area contributed by atoms with E-state index >= 15 is 0 Å². The van der Waals surface area contributed by atoms with Gasteiger partial charge in [0.05, 0.1) is 10.7 Å². The summed E-state index contributed by atoms with van der Waals surface area (Å²) in [5, 5.41) is 4.80. The molecule has 16 heavy (non-hydrogen) atoms. The summed E-state index contributed by atoms with van der Waals surface area (Å²) in [5.74, 6) is 0.540. The second kappa shape index (κ2) is 5.28. The summed E-state index contributed by atoms with van der Waals surface area (Å²) in [5.41, 5.74) is 1.44. The quantitative estimate of drug-likeness (QED) is 0.867. The Bertz CT molecular complexity index is 334. The minimum atomic E-state index is 0.174. The first-order chi connectivity index (χ1) is 7.33. The maximum atomic E-state index is 4.71. The Morgan fingerprint density at radius 1 is 1.31 bits per heavy atom. The van der Waals surface area contributed by atoms with Gasteiger partial charge < -0.3 is 5.32 Å². The molecular formula is C13H24N2S. The number of hydrogen-bond acceptors (Lipinski definition) is 3. The maximum Gasteiger partial charge on any atom is 0.0957 e. The van der Waals surface area contributed by atoms with Gasteiger partial charge in [0.1, 0.15) is 0 Å². The molecule has 0 aromatic carbocycles. The third-order valence-corrected chi connectivity index (χ3v) is 3.80. The van der Waals surface area contributed by atoms with Crippen LogP contribution in [0.5, 0.6) is 0 Å². The van der Waals surface area contributed by atoms with E-state index in [0.717, 1.165) is 13.0 Å². The molecule has 0 aliphatic carbocycles. The third kappa shape index (κ3) is 3.87. The molecule has 0 spiro atoms. The van der Waals surface area contributed by atoms with Crippen molar-refractivity contribution >= 4 is 11.3 Å². The molecule has 3 heteroatoms. The first kappa shape index (κ1) is 13.7. The molecule has 1 heterocycles. The van der Waals surface area contributed by atoms with Crippen molar-refractivity contribution in [2.45, 2.75) is 66.0 Å². The number of aryl methyl sites for hydroxylation is 1. The van der Waals surface area contributed by atoms with E-state index in [1.165, 1.54) is 15.6 Å². The SMILES string of the molecule is CCc1nc(C(C)C)sc1CNC(C)(C)C. The van der Waals surface area contributed by atoms with Gasteiger partial charge in [0.25, 0.3) is 0 Å². The summed E-state index contributed by atoms with van der Waals surface area (Å²) in [7, 11) is 0. The minimum Gasteiger partial charge on any atom is -0.307 e. The molecule has 0 atom stereocenters. The van der Waals surface area contributed by atoms with Crippen LogP contribution in [0.25, 0.3) is 0 Å². The van der Waals surface area contributed by atoms with Crippen LogP contribution in [0.2, 0.25) is 0 Å². The molecule has 0 saturated heterocycles. The fourth-order valence-corrected chi connectivity index (χ4v) is 2.51. The molecule has 0 radical (unpaired) electrons. The second-order valence-electron chi connectivity index (χ2n) is 5.53. The summed E-state index contributed by atoms with van der Waals surface area (Å²) in [6.45, 7) is 14.1. The zero-order valence-corrected chi connectivity index (χ0v) is 12.2. The van der Waals surface area contributed by atoms with E-state index in [9.17, 15) is 0 Å². The van der Waals surface area contributed by atoms with E-state index in [1.54, 1.807) is 0 Å². The molecule has 92 valence electrons. The molecule has 2 nitrogen and oxygen atoms in total. The van der Waals surface area contributed by atoms with Crippen molar-refractivity contribution in [3.8, 4) is 0 Å². The Kier molecular flexibility index (Phi) is 4.51. The van der Waals surface area contributed by atoms with Gasteiger partial charge >= 0.3 is 0 Å². The van der Waals surface area contributed by atoms with Crippen molar-refractivity contribution < 1.29 is 0 Å². The molecule has 1 N–H and O–H groups in total. The summed E-state index contributed by atoms with van der Waals surface area (Å²) < 4.78 is 0. The predicted octanol–water partition coefficient (Wildman–Crippen LogP) is 3.72.